The van der Waals surface area contributed by atoms with Crippen molar-refractivity contribution in [1.82, 2.24) is 0 Å². The van der Waals surface area contributed by atoms with Gasteiger partial charge in [-0.15, -0.1) is 0 Å². The van der Waals surface area contributed by atoms with Gasteiger partial charge in [-0.2, -0.15) is 0 Å². The van der Waals surface area contributed by atoms with Crippen molar-refractivity contribution in [2.75, 3.05) is 0 Å². The lowest BCUT2D eigenvalue weighted by atomic mass is 9.71. The number of allylic oxidation sites excluding steroid dienone is 2. The molecule has 0 heteroatoms. The van der Waals surface area contributed by atoms with Crippen molar-refractivity contribution in [3.8, 4) is 0 Å². The first-order valence-electron chi connectivity index (χ1n) is 4.26. The first-order chi connectivity index (χ1) is 4.56. The third-order valence-corrected chi connectivity index (χ3v) is 4.07. The largest absolute Gasteiger partial charge is 0.0843 e. The zero-order valence-electron chi connectivity index (χ0n) is 7.15. The van der Waals surface area contributed by atoms with Gasteiger partial charge in [0.05, 0.1) is 0 Å². The number of fused-ring (bicyclic) bond motifs is 2. The van der Waals surface area contributed by atoms with E-state index in [9.17, 15) is 0 Å². The Morgan fingerprint density at radius 1 is 1.30 bits per heavy atom. The molecule has 0 radical (unpaired) electrons. The van der Waals surface area contributed by atoms with Crippen molar-refractivity contribution in [3.63, 3.8) is 0 Å². The van der Waals surface area contributed by atoms with E-state index in [0.717, 1.165) is 5.92 Å². The molecule has 0 aromatic rings. The molecule has 2 bridgehead atoms. The van der Waals surface area contributed by atoms with Gasteiger partial charge in [-0.25, -0.2) is 0 Å². The van der Waals surface area contributed by atoms with E-state index in [4.69, 9.17) is 0 Å². The Labute approximate surface area is 63.3 Å². The monoisotopic (exact) mass is 136 g/mol. The van der Waals surface area contributed by atoms with Crippen LogP contribution < -0.4 is 0 Å². The summed E-state index contributed by atoms with van der Waals surface area (Å²) < 4.78 is 0. The van der Waals surface area contributed by atoms with E-state index < -0.39 is 0 Å². The van der Waals surface area contributed by atoms with Gasteiger partial charge in [0.1, 0.15) is 0 Å². The van der Waals surface area contributed by atoms with Crippen molar-refractivity contribution in [1.29, 1.82) is 0 Å². The molecular weight excluding hydrogens is 120 g/mol. The number of hydrogen-bond donors (Lipinski definition) is 0. The average molecular weight is 136 g/mol. The van der Waals surface area contributed by atoms with Crippen molar-refractivity contribution in [2.24, 2.45) is 16.7 Å². The van der Waals surface area contributed by atoms with Crippen molar-refractivity contribution < 1.29 is 0 Å². The fourth-order valence-corrected chi connectivity index (χ4v) is 2.53. The Morgan fingerprint density at radius 2 is 2.00 bits per heavy atom. The summed E-state index contributed by atoms with van der Waals surface area (Å²) in [4.78, 5) is 0. The molecule has 0 heterocycles. The second-order valence-corrected chi connectivity index (χ2v) is 4.64. The first kappa shape index (κ1) is 6.45. The van der Waals surface area contributed by atoms with Crippen LogP contribution in [-0.2, 0) is 0 Å². The highest BCUT2D eigenvalue weighted by molar-refractivity contribution is 5.22. The molecule has 0 aromatic heterocycles. The van der Waals surface area contributed by atoms with Crippen LogP contribution in [-0.4, -0.2) is 0 Å². The molecule has 1 saturated carbocycles. The molecule has 56 valence electrons. The third-order valence-electron chi connectivity index (χ3n) is 4.07. The summed E-state index contributed by atoms with van der Waals surface area (Å²) in [7, 11) is 0. The Kier molecular flexibility index (Phi) is 0.962. The summed E-state index contributed by atoms with van der Waals surface area (Å²) in [5.74, 6) is 0.873. The van der Waals surface area contributed by atoms with Gasteiger partial charge in [0, 0.05) is 0 Å². The molecule has 2 unspecified atom stereocenters. The van der Waals surface area contributed by atoms with Crippen LogP contribution in [0.1, 0.15) is 33.6 Å². The zero-order valence-corrected chi connectivity index (χ0v) is 7.15. The fraction of sp³-hybridized carbons (Fsp3) is 0.800. The standard InChI is InChI=1S/C10H16/c1-9(2)8-4-6-10(9,3)7-5-8/h4,6,8H,5,7H2,1-3H3. The van der Waals surface area contributed by atoms with Gasteiger partial charge in [0.25, 0.3) is 0 Å². The smallest absolute Gasteiger partial charge is 0.00895 e. The van der Waals surface area contributed by atoms with Crippen LogP contribution in [0.3, 0.4) is 0 Å². The Balaban J connectivity index is 2.45. The highest BCUT2D eigenvalue weighted by Gasteiger charge is 2.52. The molecule has 2 aliphatic carbocycles. The molecule has 2 rings (SSSR count). The predicted molar refractivity (Wildman–Crippen MR) is 43.8 cm³/mol. The Hall–Kier alpha value is -0.260. The Bertz CT molecular complexity index is 188. The van der Waals surface area contributed by atoms with Crippen LogP contribution in [0.15, 0.2) is 12.2 Å². The van der Waals surface area contributed by atoms with E-state index in [1.165, 1.54) is 12.8 Å². The highest BCUT2D eigenvalue weighted by Crippen LogP contribution is 2.61. The van der Waals surface area contributed by atoms with Gasteiger partial charge in [-0.05, 0) is 29.6 Å². The summed E-state index contributed by atoms with van der Waals surface area (Å²) in [5, 5.41) is 0. The molecule has 0 saturated heterocycles. The second kappa shape index (κ2) is 1.49. The van der Waals surface area contributed by atoms with E-state index in [2.05, 4.69) is 32.9 Å². The van der Waals surface area contributed by atoms with E-state index in [-0.39, 0.29) is 0 Å². The van der Waals surface area contributed by atoms with Crippen LogP contribution in [0, 0.1) is 16.7 Å². The SMILES string of the molecule is CC12C=CC(CC1)C2(C)C. The topological polar surface area (TPSA) is 0 Å². The van der Waals surface area contributed by atoms with Gasteiger partial charge in [-0.1, -0.05) is 32.9 Å². The predicted octanol–water partition coefficient (Wildman–Crippen LogP) is 3.00. The van der Waals surface area contributed by atoms with E-state index in [0.29, 0.717) is 10.8 Å². The molecule has 0 amide bonds. The molecule has 0 aliphatic heterocycles. The van der Waals surface area contributed by atoms with Gasteiger partial charge in [-0.3, -0.25) is 0 Å². The average Bonchev–Trinajstić information content (AvgIpc) is 2.18. The van der Waals surface area contributed by atoms with Crippen molar-refractivity contribution in [2.45, 2.75) is 33.6 Å². The minimum absolute atomic E-state index is 0.525. The van der Waals surface area contributed by atoms with E-state index in [1.807, 2.05) is 0 Å². The van der Waals surface area contributed by atoms with Gasteiger partial charge in [0.15, 0.2) is 0 Å². The first-order valence-corrected chi connectivity index (χ1v) is 4.26. The van der Waals surface area contributed by atoms with E-state index in [1.54, 1.807) is 0 Å². The van der Waals surface area contributed by atoms with Crippen LogP contribution in [0.25, 0.3) is 0 Å². The number of rotatable bonds is 0. The van der Waals surface area contributed by atoms with Crippen LogP contribution in [0.4, 0.5) is 0 Å². The van der Waals surface area contributed by atoms with Crippen molar-refractivity contribution >= 4 is 0 Å². The van der Waals surface area contributed by atoms with Crippen LogP contribution >= 0.6 is 0 Å². The normalized spacial score (nSPS) is 48.5. The lowest BCUT2D eigenvalue weighted by Crippen LogP contribution is -2.27. The summed E-state index contributed by atoms with van der Waals surface area (Å²) in [5.41, 5.74) is 1.07. The maximum atomic E-state index is 2.43. The zero-order chi connectivity index (χ0) is 7.41. The molecular formula is C10H16. The quantitative estimate of drug-likeness (QED) is 0.449. The van der Waals surface area contributed by atoms with Crippen molar-refractivity contribution in [3.05, 3.63) is 12.2 Å². The molecule has 2 atom stereocenters. The molecule has 0 nitrogen and oxygen atoms in total. The minimum Gasteiger partial charge on any atom is -0.0843 e. The van der Waals surface area contributed by atoms with Gasteiger partial charge >= 0.3 is 0 Å². The summed E-state index contributed by atoms with van der Waals surface area (Å²) in [6.45, 7) is 7.21. The molecule has 10 heavy (non-hydrogen) atoms. The summed E-state index contributed by atoms with van der Waals surface area (Å²) in [6, 6.07) is 0. The van der Waals surface area contributed by atoms with Gasteiger partial charge < -0.3 is 0 Å². The molecule has 0 N–H and O–H groups in total. The van der Waals surface area contributed by atoms with Gasteiger partial charge in [0.2, 0.25) is 0 Å². The molecule has 0 aromatic carbocycles. The molecule has 2 aliphatic rings. The minimum atomic E-state index is 0.525. The molecule has 0 spiro atoms. The molecule has 1 fully saturated rings. The third kappa shape index (κ3) is 0.492. The fourth-order valence-electron chi connectivity index (χ4n) is 2.53. The maximum Gasteiger partial charge on any atom is -0.00895 e. The highest BCUT2D eigenvalue weighted by atomic mass is 14.6. The lowest BCUT2D eigenvalue weighted by Gasteiger charge is -2.33. The van der Waals surface area contributed by atoms with E-state index >= 15 is 0 Å². The van der Waals surface area contributed by atoms with Crippen LogP contribution in [0.2, 0.25) is 0 Å². The maximum absolute atomic E-state index is 2.43. The summed E-state index contributed by atoms with van der Waals surface area (Å²) in [6.07, 6.45) is 7.67. The second-order valence-electron chi connectivity index (χ2n) is 4.64. The van der Waals surface area contributed by atoms with Crippen LogP contribution in [0.5, 0.6) is 0 Å². The lowest BCUT2D eigenvalue weighted by molar-refractivity contribution is 0.182. The summed E-state index contributed by atoms with van der Waals surface area (Å²) >= 11 is 0. The number of hydrogen-bond acceptors (Lipinski definition) is 0. The Morgan fingerprint density at radius 3 is 2.10 bits per heavy atom.